The molecular weight excluding hydrogens is 174 g/mol. The van der Waals surface area contributed by atoms with Gasteiger partial charge in [-0.05, 0) is 18.1 Å². The number of nitrogens with zero attached hydrogens (tertiary/aromatic N) is 1. The number of rotatable bonds is 3. The van der Waals surface area contributed by atoms with Gasteiger partial charge in [-0.1, -0.05) is 30.3 Å². The molecule has 0 saturated carbocycles. The molecule has 0 bridgehead atoms. The molecule has 2 aromatic rings. The van der Waals surface area contributed by atoms with Gasteiger partial charge in [0.05, 0.1) is 11.7 Å². The van der Waals surface area contributed by atoms with Crippen LogP contribution in [0.5, 0.6) is 0 Å². The fraction of sp³-hybridized carbons (Fsp3) is 0.182. The van der Waals surface area contributed by atoms with Crippen LogP contribution in [0.25, 0.3) is 0 Å². The standard InChI is InChI=1S/C11H13N3/c12-10(11-6-7-13-14-11)8-9-4-2-1-3-5-9/h1-7,10H,8,12H2,(H,13,14)/t10-/m0/s1. The molecule has 0 aliphatic rings. The van der Waals surface area contributed by atoms with Crippen molar-refractivity contribution in [2.45, 2.75) is 12.5 Å². The van der Waals surface area contributed by atoms with Crippen molar-refractivity contribution in [3.8, 4) is 0 Å². The number of hydrogen-bond acceptors (Lipinski definition) is 2. The average molecular weight is 187 g/mol. The topological polar surface area (TPSA) is 54.7 Å². The van der Waals surface area contributed by atoms with E-state index in [0.29, 0.717) is 0 Å². The molecule has 3 heteroatoms. The normalized spacial score (nSPS) is 12.6. The minimum absolute atomic E-state index is 0.0244. The van der Waals surface area contributed by atoms with Crippen molar-refractivity contribution in [2.24, 2.45) is 5.73 Å². The highest BCUT2D eigenvalue weighted by atomic mass is 15.1. The number of aromatic amines is 1. The first-order chi connectivity index (χ1) is 6.86. The van der Waals surface area contributed by atoms with Gasteiger partial charge < -0.3 is 5.73 Å². The monoisotopic (exact) mass is 187 g/mol. The highest BCUT2D eigenvalue weighted by molar-refractivity contribution is 5.18. The van der Waals surface area contributed by atoms with E-state index in [1.165, 1.54) is 5.56 Å². The summed E-state index contributed by atoms with van der Waals surface area (Å²) >= 11 is 0. The molecule has 1 heterocycles. The summed E-state index contributed by atoms with van der Waals surface area (Å²) in [6.07, 6.45) is 2.62. The van der Waals surface area contributed by atoms with E-state index >= 15 is 0 Å². The Morgan fingerprint density at radius 2 is 2.00 bits per heavy atom. The Kier molecular flexibility index (Phi) is 2.60. The van der Waals surface area contributed by atoms with Crippen LogP contribution in [0, 0.1) is 0 Å². The molecule has 0 aliphatic carbocycles. The van der Waals surface area contributed by atoms with Gasteiger partial charge in [0.1, 0.15) is 0 Å². The van der Waals surface area contributed by atoms with Crippen LogP contribution in [-0.2, 0) is 6.42 Å². The number of aromatic nitrogens is 2. The third-order valence-electron chi connectivity index (χ3n) is 2.20. The van der Waals surface area contributed by atoms with Gasteiger partial charge in [-0.25, -0.2) is 0 Å². The fourth-order valence-electron chi connectivity index (χ4n) is 1.45. The van der Waals surface area contributed by atoms with Crippen molar-refractivity contribution >= 4 is 0 Å². The maximum Gasteiger partial charge on any atom is 0.0792 e. The van der Waals surface area contributed by atoms with E-state index in [1.807, 2.05) is 24.3 Å². The minimum atomic E-state index is -0.0244. The first-order valence-electron chi connectivity index (χ1n) is 4.65. The average Bonchev–Trinajstić information content (AvgIpc) is 2.72. The maximum absolute atomic E-state index is 5.99. The summed E-state index contributed by atoms with van der Waals surface area (Å²) in [5.74, 6) is 0. The van der Waals surface area contributed by atoms with Crippen LogP contribution in [0.1, 0.15) is 17.3 Å². The lowest BCUT2D eigenvalue weighted by Crippen LogP contribution is -2.13. The summed E-state index contributed by atoms with van der Waals surface area (Å²) in [6, 6.07) is 12.1. The Bertz CT molecular complexity index is 367. The van der Waals surface area contributed by atoms with Crippen LogP contribution in [0.4, 0.5) is 0 Å². The highest BCUT2D eigenvalue weighted by Gasteiger charge is 2.07. The molecule has 72 valence electrons. The lowest BCUT2D eigenvalue weighted by molar-refractivity contribution is 0.692. The number of hydrogen-bond donors (Lipinski definition) is 2. The van der Waals surface area contributed by atoms with E-state index in [0.717, 1.165) is 12.1 Å². The summed E-state index contributed by atoms with van der Waals surface area (Å²) in [7, 11) is 0. The van der Waals surface area contributed by atoms with E-state index in [4.69, 9.17) is 5.73 Å². The van der Waals surface area contributed by atoms with Crippen LogP contribution >= 0.6 is 0 Å². The molecule has 0 radical (unpaired) electrons. The zero-order valence-corrected chi connectivity index (χ0v) is 7.85. The van der Waals surface area contributed by atoms with Crippen LogP contribution in [0.2, 0.25) is 0 Å². The van der Waals surface area contributed by atoms with Crippen LogP contribution in [0.15, 0.2) is 42.6 Å². The zero-order valence-electron chi connectivity index (χ0n) is 7.85. The Hall–Kier alpha value is -1.61. The second-order valence-corrected chi connectivity index (χ2v) is 3.30. The molecule has 2 rings (SSSR count). The van der Waals surface area contributed by atoms with Gasteiger partial charge in [0, 0.05) is 6.20 Å². The largest absolute Gasteiger partial charge is 0.322 e. The van der Waals surface area contributed by atoms with Gasteiger partial charge in [-0.3, -0.25) is 5.10 Å². The number of benzene rings is 1. The van der Waals surface area contributed by atoms with E-state index in [1.54, 1.807) is 6.20 Å². The molecule has 1 aromatic heterocycles. The first kappa shape index (κ1) is 8.97. The van der Waals surface area contributed by atoms with Crippen molar-refractivity contribution in [3.05, 3.63) is 53.9 Å². The van der Waals surface area contributed by atoms with Crippen LogP contribution in [0.3, 0.4) is 0 Å². The van der Waals surface area contributed by atoms with Gasteiger partial charge in [0.2, 0.25) is 0 Å². The van der Waals surface area contributed by atoms with Gasteiger partial charge in [0.25, 0.3) is 0 Å². The molecule has 0 fully saturated rings. The van der Waals surface area contributed by atoms with Gasteiger partial charge >= 0.3 is 0 Å². The zero-order chi connectivity index (χ0) is 9.80. The van der Waals surface area contributed by atoms with Crippen LogP contribution in [-0.4, -0.2) is 10.2 Å². The predicted octanol–water partition coefficient (Wildman–Crippen LogP) is 1.65. The number of H-pyrrole nitrogens is 1. The summed E-state index contributed by atoms with van der Waals surface area (Å²) < 4.78 is 0. The number of nitrogens with one attached hydrogen (secondary N) is 1. The summed E-state index contributed by atoms with van der Waals surface area (Å²) in [4.78, 5) is 0. The second kappa shape index (κ2) is 4.07. The lowest BCUT2D eigenvalue weighted by Gasteiger charge is -2.07. The smallest absolute Gasteiger partial charge is 0.0792 e. The third kappa shape index (κ3) is 2.00. The molecule has 14 heavy (non-hydrogen) atoms. The van der Waals surface area contributed by atoms with E-state index in [-0.39, 0.29) is 6.04 Å². The Labute approximate surface area is 83.0 Å². The van der Waals surface area contributed by atoms with Gasteiger partial charge in [0.15, 0.2) is 0 Å². The Balaban J connectivity index is 2.06. The fourth-order valence-corrected chi connectivity index (χ4v) is 1.45. The minimum Gasteiger partial charge on any atom is -0.322 e. The second-order valence-electron chi connectivity index (χ2n) is 3.30. The molecule has 1 atom stereocenters. The van der Waals surface area contributed by atoms with Crippen molar-refractivity contribution in [1.82, 2.24) is 10.2 Å². The molecule has 0 amide bonds. The van der Waals surface area contributed by atoms with Crippen molar-refractivity contribution in [2.75, 3.05) is 0 Å². The molecular formula is C11H13N3. The van der Waals surface area contributed by atoms with Crippen molar-refractivity contribution in [3.63, 3.8) is 0 Å². The molecule has 1 aromatic carbocycles. The van der Waals surface area contributed by atoms with Crippen molar-refractivity contribution < 1.29 is 0 Å². The molecule has 0 saturated heterocycles. The van der Waals surface area contributed by atoms with E-state index < -0.39 is 0 Å². The van der Waals surface area contributed by atoms with Crippen molar-refractivity contribution in [1.29, 1.82) is 0 Å². The van der Waals surface area contributed by atoms with E-state index in [2.05, 4.69) is 22.3 Å². The summed E-state index contributed by atoms with van der Waals surface area (Å²) in [5.41, 5.74) is 8.14. The summed E-state index contributed by atoms with van der Waals surface area (Å²) in [5, 5.41) is 6.83. The van der Waals surface area contributed by atoms with Crippen LogP contribution < -0.4 is 5.73 Å². The Morgan fingerprint density at radius 3 is 2.64 bits per heavy atom. The molecule has 0 spiro atoms. The molecule has 0 aliphatic heterocycles. The van der Waals surface area contributed by atoms with Gasteiger partial charge in [-0.15, -0.1) is 0 Å². The maximum atomic E-state index is 5.99. The SMILES string of the molecule is N[C@@H](Cc1ccccc1)c1cc[nH]n1. The lowest BCUT2D eigenvalue weighted by atomic mass is 10.0. The Morgan fingerprint density at radius 1 is 1.21 bits per heavy atom. The van der Waals surface area contributed by atoms with Gasteiger partial charge in [-0.2, -0.15) is 5.10 Å². The molecule has 0 unspecified atom stereocenters. The number of nitrogens with two attached hydrogens (primary N) is 1. The first-order valence-corrected chi connectivity index (χ1v) is 4.65. The summed E-state index contributed by atoms with van der Waals surface area (Å²) in [6.45, 7) is 0. The highest BCUT2D eigenvalue weighted by Crippen LogP contribution is 2.12. The molecule has 3 N–H and O–H groups in total. The molecule has 3 nitrogen and oxygen atoms in total. The third-order valence-corrected chi connectivity index (χ3v) is 2.20. The van der Waals surface area contributed by atoms with E-state index in [9.17, 15) is 0 Å². The predicted molar refractivity (Wildman–Crippen MR) is 55.7 cm³/mol. The quantitative estimate of drug-likeness (QED) is 0.767.